The van der Waals surface area contributed by atoms with Crippen LogP contribution in [0.4, 0.5) is 10.3 Å². The third-order valence-corrected chi connectivity index (χ3v) is 4.44. The predicted molar refractivity (Wildman–Crippen MR) is 69.5 cm³/mol. The van der Waals surface area contributed by atoms with Gasteiger partial charge in [0.25, 0.3) is 0 Å². The molecule has 0 spiro atoms. The lowest BCUT2D eigenvalue weighted by Crippen LogP contribution is -2.12. The summed E-state index contributed by atoms with van der Waals surface area (Å²) in [5.41, 5.74) is 7.48. The Balaban J connectivity index is 2.01. The van der Waals surface area contributed by atoms with Crippen molar-refractivity contribution in [2.75, 3.05) is 17.2 Å². The third kappa shape index (κ3) is 1.99. The van der Waals surface area contributed by atoms with Crippen molar-refractivity contribution < 1.29 is 4.39 Å². The van der Waals surface area contributed by atoms with E-state index in [4.69, 9.17) is 5.73 Å². The summed E-state index contributed by atoms with van der Waals surface area (Å²) in [7, 11) is 0. The molecule has 2 N–H and O–H groups in total. The Labute approximate surface area is 103 Å². The average Bonchev–Trinajstić information content (AvgIpc) is 2.90. The van der Waals surface area contributed by atoms with Crippen molar-refractivity contribution in [1.82, 2.24) is 9.55 Å². The van der Waals surface area contributed by atoms with Gasteiger partial charge in [0.1, 0.15) is 5.82 Å². The largest absolute Gasteiger partial charge is 0.369 e. The number of aromatic nitrogens is 2. The molecule has 1 saturated heterocycles. The highest BCUT2D eigenvalue weighted by Gasteiger charge is 2.18. The molecule has 1 aliphatic heterocycles. The predicted octanol–water partition coefficient (Wildman–Crippen LogP) is 2.51. The molecule has 2 heterocycles. The Hall–Kier alpha value is -1.23. The lowest BCUT2D eigenvalue weighted by atomic mass is 10.1. The van der Waals surface area contributed by atoms with E-state index < -0.39 is 0 Å². The zero-order chi connectivity index (χ0) is 11.8. The van der Waals surface area contributed by atoms with Crippen molar-refractivity contribution in [3.8, 4) is 0 Å². The Bertz CT molecular complexity index is 546. The number of nitrogen functional groups attached to an aromatic ring is 1. The van der Waals surface area contributed by atoms with Crippen molar-refractivity contribution in [3.63, 3.8) is 0 Å². The van der Waals surface area contributed by atoms with E-state index in [9.17, 15) is 4.39 Å². The van der Waals surface area contributed by atoms with Gasteiger partial charge in [0, 0.05) is 6.54 Å². The SMILES string of the molecule is Nc1nc2ccc(F)cc2n1CC1CCSC1. The van der Waals surface area contributed by atoms with Crippen molar-refractivity contribution in [2.24, 2.45) is 5.92 Å². The summed E-state index contributed by atoms with van der Waals surface area (Å²) in [6.07, 6.45) is 1.21. The molecule has 1 aromatic heterocycles. The maximum atomic E-state index is 13.3. The molecule has 17 heavy (non-hydrogen) atoms. The molecule has 1 aromatic carbocycles. The van der Waals surface area contributed by atoms with E-state index in [0.717, 1.165) is 23.3 Å². The van der Waals surface area contributed by atoms with Gasteiger partial charge in [-0.05, 0) is 42.0 Å². The van der Waals surface area contributed by atoms with Crippen LogP contribution in [0.25, 0.3) is 11.0 Å². The number of benzene rings is 1. The number of anilines is 1. The summed E-state index contributed by atoms with van der Waals surface area (Å²) in [5.74, 6) is 3.25. The number of hydrogen-bond donors (Lipinski definition) is 1. The van der Waals surface area contributed by atoms with E-state index >= 15 is 0 Å². The average molecular weight is 251 g/mol. The van der Waals surface area contributed by atoms with Crippen LogP contribution in [0.15, 0.2) is 18.2 Å². The summed E-state index contributed by atoms with van der Waals surface area (Å²) in [6, 6.07) is 4.62. The number of rotatable bonds is 2. The maximum Gasteiger partial charge on any atom is 0.201 e. The molecule has 0 amide bonds. The molecule has 1 fully saturated rings. The number of halogens is 1. The number of fused-ring (bicyclic) bond motifs is 1. The van der Waals surface area contributed by atoms with Gasteiger partial charge in [0.15, 0.2) is 0 Å². The summed E-state index contributed by atoms with van der Waals surface area (Å²) < 4.78 is 15.2. The lowest BCUT2D eigenvalue weighted by molar-refractivity contribution is 0.504. The van der Waals surface area contributed by atoms with Crippen molar-refractivity contribution in [2.45, 2.75) is 13.0 Å². The molecular weight excluding hydrogens is 237 g/mol. The number of imidazole rings is 1. The van der Waals surface area contributed by atoms with E-state index in [2.05, 4.69) is 4.98 Å². The van der Waals surface area contributed by atoms with E-state index in [-0.39, 0.29) is 5.82 Å². The van der Waals surface area contributed by atoms with Crippen molar-refractivity contribution in [1.29, 1.82) is 0 Å². The van der Waals surface area contributed by atoms with Gasteiger partial charge in [-0.3, -0.25) is 0 Å². The monoisotopic (exact) mass is 251 g/mol. The molecule has 1 atom stereocenters. The first-order valence-electron chi connectivity index (χ1n) is 5.73. The molecule has 0 saturated carbocycles. The number of nitrogens with zero attached hydrogens (tertiary/aromatic N) is 2. The molecule has 2 aromatic rings. The van der Waals surface area contributed by atoms with Gasteiger partial charge in [0.2, 0.25) is 5.95 Å². The van der Waals surface area contributed by atoms with Gasteiger partial charge in [-0.15, -0.1) is 0 Å². The molecule has 5 heteroatoms. The summed E-state index contributed by atoms with van der Waals surface area (Å²) in [4.78, 5) is 4.26. The van der Waals surface area contributed by atoms with Gasteiger partial charge < -0.3 is 10.3 Å². The smallest absolute Gasteiger partial charge is 0.201 e. The fourth-order valence-electron chi connectivity index (χ4n) is 2.29. The van der Waals surface area contributed by atoms with E-state index in [1.165, 1.54) is 24.3 Å². The van der Waals surface area contributed by atoms with Crippen LogP contribution >= 0.6 is 11.8 Å². The second kappa shape index (κ2) is 4.22. The second-order valence-corrected chi connectivity index (χ2v) is 5.59. The molecule has 0 radical (unpaired) electrons. The first kappa shape index (κ1) is 10.9. The number of nitrogens with two attached hydrogens (primary N) is 1. The minimum Gasteiger partial charge on any atom is -0.369 e. The molecule has 0 bridgehead atoms. The highest BCUT2D eigenvalue weighted by atomic mass is 32.2. The van der Waals surface area contributed by atoms with Gasteiger partial charge in [-0.2, -0.15) is 11.8 Å². The highest BCUT2D eigenvalue weighted by Crippen LogP contribution is 2.27. The molecule has 90 valence electrons. The molecule has 1 aliphatic rings. The van der Waals surface area contributed by atoms with Crippen molar-refractivity contribution in [3.05, 3.63) is 24.0 Å². The Morgan fingerprint density at radius 1 is 1.53 bits per heavy atom. The molecule has 3 nitrogen and oxygen atoms in total. The Morgan fingerprint density at radius 2 is 2.41 bits per heavy atom. The first-order valence-corrected chi connectivity index (χ1v) is 6.88. The van der Waals surface area contributed by atoms with Crippen LogP contribution < -0.4 is 5.73 Å². The van der Waals surface area contributed by atoms with Crippen LogP contribution in [-0.4, -0.2) is 21.1 Å². The number of hydrogen-bond acceptors (Lipinski definition) is 3. The Kier molecular flexibility index (Phi) is 2.70. The van der Waals surface area contributed by atoms with Crippen LogP contribution in [0.2, 0.25) is 0 Å². The van der Waals surface area contributed by atoms with Crippen LogP contribution in [0, 0.1) is 11.7 Å². The second-order valence-electron chi connectivity index (χ2n) is 4.44. The molecule has 0 aliphatic carbocycles. The zero-order valence-corrected chi connectivity index (χ0v) is 10.2. The molecule has 3 rings (SSSR count). The molecule has 1 unspecified atom stereocenters. The Morgan fingerprint density at radius 3 is 3.18 bits per heavy atom. The standard InChI is InChI=1S/C12H14FN3S/c13-9-1-2-10-11(5-9)16(12(14)15-10)6-8-3-4-17-7-8/h1-2,5,8H,3-4,6-7H2,(H2,14,15). The van der Waals surface area contributed by atoms with Gasteiger partial charge in [-0.1, -0.05) is 0 Å². The fraction of sp³-hybridized carbons (Fsp3) is 0.417. The van der Waals surface area contributed by atoms with Gasteiger partial charge in [-0.25, -0.2) is 9.37 Å². The van der Waals surface area contributed by atoms with Crippen LogP contribution in [0.5, 0.6) is 0 Å². The minimum atomic E-state index is -0.237. The lowest BCUT2D eigenvalue weighted by Gasteiger charge is -2.11. The summed E-state index contributed by atoms with van der Waals surface area (Å²) in [5, 5.41) is 0. The maximum absolute atomic E-state index is 13.3. The normalized spacial score (nSPS) is 20.2. The van der Waals surface area contributed by atoms with E-state index in [0.29, 0.717) is 11.9 Å². The minimum absolute atomic E-state index is 0.237. The van der Waals surface area contributed by atoms with E-state index in [1.54, 1.807) is 6.07 Å². The summed E-state index contributed by atoms with van der Waals surface area (Å²) in [6.45, 7) is 0.846. The van der Waals surface area contributed by atoms with Crippen molar-refractivity contribution >= 4 is 28.7 Å². The van der Waals surface area contributed by atoms with Crippen LogP contribution in [0.1, 0.15) is 6.42 Å². The van der Waals surface area contributed by atoms with Gasteiger partial charge in [0.05, 0.1) is 11.0 Å². The topological polar surface area (TPSA) is 43.8 Å². The third-order valence-electron chi connectivity index (χ3n) is 3.20. The van der Waals surface area contributed by atoms with E-state index in [1.807, 2.05) is 16.3 Å². The number of thioether (sulfide) groups is 1. The van der Waals surface area contributed by atoms with Crippen LogP contribution in [-0.2, 0) is 6.54 Å². The quantitative estimate of drug-likeness (QED) is 0.892. The molecular formula is C12H14FN3S. The van der Waals surface area contributed by atoms with Crippen LogP contribution in [0.3, 0.4) is 0 Å². The first-order chi connectivity index (χ1) is 8.24. The zero-order valence-electron chi connectivity index (χ0n) is 9.40. The summed E-state index contributed by atoms with van der Waals surface area (Å²) >= 11 is 1.97. The highest BCUT2D eigenvalue weighted by molar-refractivity contribution is 7.99. The fourth-order valence-corrected chi connectivity index (χ4v) is 3.56. The van der Waals surface area contributed by atoms with Gasteiger partial charge >= 0.3 is 0 Å².